The van der Waals surface area contributed by atoms with Crippen molar-refractivity contribution in [2.24, 2.45) is 5.73 Å². The molecule has 1 aromatic carbocycles. The van der Waals surface area contributed by atoms with E-state index >= 15 is 0 Å². The molecule has 0 spiro atoms. The second-order valence-electron chi connectivity index (χ2n) is 3.74. The van der Waals surface area contributed by atoms with Crippen LogP contribution in [0.3, 0.4) is 0 Å². The third kappa shape index (κ3) is 3.20. The maximum absolute atomic E-state index is 13.4. The number of hydrogen-bond acceptors (Lipinski definition) is 2. The topological polar surface area (TPSA) is 63.3 Å². The van der Waals surface area contributed by atoms with Gasteiger partial charge in [-0.1, -0.05) is 6.07 Å². The molecule has 0 aromatic heterocycles. The first-order valence-electron chi connectivity index (χ1n) is 4.88. The normalized spacial score (nSPS) is 12.8. The molecule has 0 aliphatic heterocycles. The van der Waals surface area contributed by atoms with Crippen LogP contribution in [0.1, 0.15) is 35.6 Å². The van der Waals surface area contributed by atoms with Crippen molar-refractivity contribution in [1.29, 1.82) is 0 Å². The van der Waals surface area contributed by atoms with Crippen LogP contribution in [0.25, 0.3) is 0 Å². The Labute approximate surface area is 96.0 Å². The number of aliphatic carboxylic acids is 1. The first-order valence-corrected chi connectivity index (χ1v) is 4.88. The van der Waals surface area contributed by atoms with E-state index in [1.54, 1.807) is 0 Å². The monoisotopic (exact) mass is 247 g/mol. The van der Waals surface area contributed by atoms with Crippen LogP contribution >= 0.6 is 0 Å². The summed E-state index contributed by atoms with van der Waals surface area (Å²) in [5.74, 6) is -2.19. The Morgan fingerprint density at radius 1 is 1.47 bits per heavy atom. The van der Waals surface area contributed by atoms with Gasteiger partial charge in [-0.3, -0.25) is 4.79 Å². The quantitative estimate of drug-likeness (QED) is 0.859. The lowest BCUT2D eigenvalue weighted by Crippen LogP contribution is -2.16. The largest absolute Gasteiger partial charge is 0.481 e. The molecule has 94 valence electrons. The third-order valence-electron chi connectivity index (χ3n) is 2.40. The van der Waals surface area contributed by atoms with Gasteiger partial charge in [-0.2, -0.15) is 0 Å². The minimum absolute atomic E-state index is 0.0656. The molecule has 0 heterocycles. The van der Waals surface area contributed by atoms with E-state index in [1.165, 1.54) is 13.0 Å². The molecule has 0 fully saturated rings. The van der Waals surface area contributed by atoms with E-state index in [4.69, 9.17) is 10.8 Å². The molecular weight excluding hydrogens is 235 g/mol. The SMILES string of the molecule is Cc1cc(C(N)CC(=O)O)cc(F)c1C(F)F. The molecule has 1 unspecified atom stereocenters. The van der Waals surface area contributed by atoms with Gasteiger partial charge in [-0.25, -0.2) is 13.2 Å². The second-order valence-corrected chi connectivity index (χ2v) is 3.74. The summed E-state index contributed by atoms with van der Waals surface area (Å²) >= 11 is 0. The molecule has 1 atom stereocenters. The minimum atomic E-state index is -2.90. The number of benzene rings is 1. The Hall–Kier alpha value is -1.56. The number of aryl methyl sites for hydroxylation is 1. The molecule has 1 aromatic rings. The van der Waals surface area contributed by atoms with Crippen LogP contribution in [-0.4, -0.2) is 11.1 Å². The van der Waals surface area contributed by atoms with Crippen molar-refractivity contribution < 1.29 is 23.1 Å². The lowest BCUT2D eigenvalue weighted by Gasteiger charge is -2.13. The lowest BCUT2D eigenvalue weighted by atomic mass is 9.98. The second kappa shape index (κ2) is 5.18. The number of hydrogen-bond donors (Lipinski definition) is 2. The standard InChI is InChI=1S/C11H12F3NO2/c1-5-2-6(8(15)4-9(16)17)3-7(12)10(5)11(13)14/h2-3,8,11H,4,15H2,1H3,(H,16,17). The Morgan fingerprint density at radius 3 is 2.47 bits per heavy atom. The van der Waals surface area contributed by atoms with Crippen LogP contribution in [0.2, 0.25) is 0 Å². The lowest BCUT2D eigenvalue weighted by molar-refractivity contribution is -0.137. The van der Waals surface area contributed by atoms with E-state index in [0.717, 1.165) is 6.07 Å². The van der Waals surface area contributed by atoms with E-state index < -0.39 is 29.8 Å². The molecule has 0 bridgehead atoms. The Balaban J connectivity index is 3.09. The molecule has 0 aliphatic carbocycles. The van der Waals surface area contributed by atoms with Gasteiger partial charge < -0.3 is 10.8 Å². The van der Waals surface area contributed by atoms with Crippen molar-refractivity contribution in [2.45, 2.75) is 25.8 Å². The minimum Gasteiger partial charge on any atom is -0.481 e. The van der Waals surface area contributed by atoms with Crippen molar-refractivity contribution in [3.63, 3.8) is 0 Å². The van der Waals surface area contributed by atoms with Crippen LogP contribution < -0.4 is 5.73 Å². The Kier molecular flexibility index (Phi) is 4.11. The highest BCUT2D eigenvalue weighted by Crippen LogP contribution is 2.28. The summed E-state index contributed by atoms with van der Waals surface area (Å²) in [4.78, 5) is 10.4. The first kappa shape index (κ1) is 13.5. The molecule has 0 radical (unpaired) electrons. The zero-order valence-electron chi connectivity index (χ0n) is 9.08. The van der Waals surface area contributed by atoms with Crippen LogP contribution in [0.5, 0.6) is 0 Å². The van der Waals surface area contributed by atoms with E-state index in [-0.39, 0.29) is 17.5 Å². The van der Waals surface area contributed by atoms with Crippen molar-refractivity contribution in [3.8, 4) is 0 Å². The van der Waals surface area contributed by atoms with Gasteiger partial charge in [0.2, 0.25) is 0 Å². The van der Waals surface area contributed by atoms with E-state index in [0.29, 0.717) is 0 Å². The fourth-order valence-electron chi connectivity index (χ4n) is 1.58. The fourth-order valence-corrected chi connectivity index (χ4v) is 1.58. The predicted molar refractivity (Wildman–Crippen MR) is 55.3 cm³/mol. The Morgan fingerprint density at radius 2 is 2.06 bits per heavy atom. The van der Waals surface area contributed by atoms with Gasteiger partial charge >= 0.3 is 5.97 Å². The molecule has 1 rings (SSSR count). The van der Waals surface area contributed by atoms with Crippen molar-refractivity contribution in [1.82, 2.24) is 0 Å². The Bertz CT molecular complexity index is 412. The van der Waals surface area contributed by atoms with Gasteiger partial charge in [0.05, 0.1) is 12.0 Å². The van der Waals surface area contributed by atoms with E-state index in [1.807, 2.05) is 0 Å². The molecule has 3 nitrogen and oxygen atoms in total. The smallest absolute Gasteiger partial charge is 0.305 e. The summed E-state index contributed by atoms with van der Waals surface area (Å²) in [7, 11) is 0. The molecule has 3 N–H and O–H groups in total. The molecular formula is C11H12F3NO2. The van der Waals surface area contributed by atoms with Gasteiger partial charge in [0.25, 0.3) is 6.43 Å². The maximum atomic E-state index is 13.4. The maximum Gasteiger partial charge on any atom is 0.305 e. The summed E-state index contributed by atoms with van der Waals surface area (Å²) in [5.41, 5.74) is 5.12. The van der Waals surface area contributed by atoms with Crippen molar-refractivity contribution in [3.05, 3.63) is 34.6 Å². The molecule has 6 heteroatoms. The van der Waals surface area contributed by atoms with E-state index in [2.05, 4.69) is 0 Å². The van der Waals surface area contributed by atoms with Gasteiger partial charge in [0.15, 0.2) is 0 Å². The zero-order valence-corrected chi connectivity index (χ0v) is 9.08. The number of alkyl halides is 2. The van der Waals surface area contributed by atoms with Crippen molar-refractivity contribution >= 4 is 5.97 Å². The number of carboxylic acid groups (broad SMARTS) is 1. The number of nitrogens with two attached hydrogens (primary N) is 1. The highest BCUT2D eigenvalue weighted by atomic mass is 19.3. The molecule has 0 saturated heterocycles. The highest BCUT2D eigenvalue weighted by Gasteiger charge is 2.20. The van der Waals surface area contributed by atoms with Crippen molar-refractivity contribution in [2.75, 3.05) is 0 Å². The average Bonchev–Trinajstić information content (AvgIpc) is 2.14. The predicted octanol–water partition coefficient (Wildman–Crippen LogP) is 2.55. The highest BCUT2D eigenvalue weighted by molar-refractivity contribution is 5.67. The number of halogens is 3. The number of rotatable bonds is 4. The summed E-state index contributed by atoms with van der Waals surface area (Å²) in [5, 5.41) is 8.53. The summed E-state index contributed by atoms with van der Waals surface area (Å²) < 4.78 is 38.3. The van der Waals surface area contributed by atoms with E-state index in [9.17, 15) is 18.0 Å². The van der Waals surface area contributed by atoms with Gasteiger partial charge in [-0.15, -0.1) is 0 Å². The average molecular weight is 247 g/mol. The third-order valence-corrected chi connectivity index (χ3v) is 2.40. The van der Waals surface area contributed by atoms with Gasteiger partial charge in [-0.05, 0) is 24.1 Å². The molecule has 0 amide bonds. The van der Waals surface area contributed by atoms with Crippen LogP contribution in [0.15, 0.2) is 12.1 Å². The zero-order chi connectivity index (χ0) is 13.2. The number of carbonyl (C=O) groups is 1. The van der Waals surface area contributed by atoms with Crippen LogP contribution in [0.4, 0.5) is 13.2 Å². The summed E-state index contributed by atoms with van der Waals surface area (Å²) in [6.45, 7) is 1.33. The fraction of sp³-hybridized carbons (Fsp3) is 0.364. The molecule has 0 saturated carbocycles. The van der Waals surface area contributed by atoms with Gasteiger partial charge in [0, 0.05) is 6.04 Å². The summed E-state index contributed by atoms with van der Waals surface area (Å²) in [6.07, 6.45) is -3.29. The first-order chi connectivity index (χ1) is 7.82. The van der Waals surface area contributed by atoms with Crippen LogP contribution in [0, 0.1) is 12.7 Å². The summed E-state index contributed by atoms with van der Waals surface area (Å²) in [6, 6.07) is 1.24. The van der Waals surface area contributed by atoms with Gasteiger partial charge in [0.1, 0.15) is 5.82 Å². The number of carboxylic acids is 1. The molecule has 17 heavy (non-hydrogen) atoms. The molecule has 0 aliphatic rings. The van der Waals surface area contributed by atoms with Crippen LogP contribution in [-0.2, 0) is 4.79 Å².